The zero-order valence-electron chi connectivity index (χ0n) is 7.42. The first-order chi connectivity index (χ1) is 4.61. The molecule has 0 aliphatic carbocycles. The summed E-state index contributed by atoms with van der Waals surface area (Å²) in [5, 5.41) is 0. The second-order valence-corrected chi connectivity index (χ2v) is 3.72. The lowest BCUT2D eigenvalue weighted by atomic mass is 9.85. The van der Waals surface area contributed by atoms with Gasteiger partial charge in [0.1, 0.15) is 0 Å². The molecule has 0 radical (unpaired) electrons. The van der Waals surface area contributed by atoms with E-state index in [1.165, 1.54) is 6.42 Å². The summed E-state index contributed by atoms with van der Waals surface area (Å²) >= 11 is 0. The van der Waals surface area contributed by atoms with Crippen LogP contribution in [0, 0.1) is 11.8 Å². The lowest BCUT2D eigenvalue weighted by Gasteiger charge is -2.35. The van der Waals surface area contributed by atoms with Crippen LogP contribution in [0.4, 0.5) is 0 Å². The van der Waals surface area contributed by atoms with Crippen LogP contribution < -0.4 is 0 Å². The van der Waals surface area contributed by atoms with E-state index < -0.39 is 0 Å². The van der Waals surface area contributed by atoms with Crippen molar-refractivity contribution in [3.05, 3.63) is 0 Å². The van der Waals surface area contributed by atoms with Crippen molar-refractivity contribution in [1.29, 1.82) is 0 Å². The van der Waals surface area contributed by atoms with Gasteiger partial charge in [0.25, 0.3) is 0 Å². The molecule has 0 aromatic carbocycles. The number of hydrogen-bond acceptors (Lipinski definition) is 1. The maximum atomic E-state index is 5.67. The van der Waals surface area contributed by atoms with Crippen molar-refractivity contribution in [3.8, 4) is 0 Å². The standard InChI is InChI=1S/C9H18O/c1-6-5-7(2)10-9(4)8(6)3/h6-9H,5H2,1-4H3/t6?,7?,8-,9+/m1/s1. The summed E-state index contributed by atoms with van der Waals surface area (Å²) in [6, 6.07) is 0. The van der Waals surface area contributed by atoms with E-state index in [4.69, 9.17) is 4.74 Å². The summed E-state index contributed by atoms with van der Waals surface area (Å²) in [7, 11) is 0. The summed E-state index contributed by atoms with van der Waals surface area (Å²) < 4.78 is 5.67. The Morgan fingerprint density at radius 1 is 1.10 bits per heavy atom. The molecule has 1 aliphatic rings. The SMILES string of the molecule is CC1CC(C)[C@@H](C)[C@H](C)O1. The molecule has 0 bridgehead atoms. The molecule has 10 heavy (non-hydrogen) atoms. The molecule has 0 saturated carbocycles. The Hall–Kier alpha value is -0.0400. The van der Waals surface area contributed by atoms with Crippen molar-refractivity contribution >= 4 is 0 Å². The minimum Gasteiger partial charge on any atom is -0.375 e. The Morgan fingerprint density at radius 3 is 2.20 bits per heavy atom. The molecule has 1 fully saturated rings. The van der Waals surface area contributed by atoms with Crippen molar-refractivity contribution in [1.82, 2.24) is 0 Å². The number of hydrogen-bond donors (Lipinski definition) is 0. The molecule has 2 unspecified atom stereocenters. The van der Waals surface area contributed by atoms with Crippen LogP contribution in [0.5, 0.6) is 0 Å². The van der Waals surface area contributed by atoms with Gasteiger partial charge in [0.2, 0.25) is 0 Å². The van der Waals surface area contributed by atoms with E-state index in [1.54, 1.807) is 0 Å². The van der Waals surface area contributed by atoms with Gasteiger partial charge >= 0.3 is 0 Å². The van der Waals surface area contributed by atoms with Crippen LogP contribution in [0.25, 0.3) is 0 Å². The molecule has 1 rings (SSSR count). The van der Waals surface area contributed by atoms with Gasteiger partial charge in [-0.2, -0.15) is 0 Å². The van der Waals surface area contributed by atoms with Crippen LogP contribution in [0.15, 0.2) is 0 Å². The third-order valence-corrected chi connectivity index (χ3v) is 2.79. The second kappa shape index (κ2) is 2.91. The predicted octanol–water partition coefficient (Wildman–Crippen LogP) is 2.46. The number of ether oxygens (including phenoxy) is 1. The Kier molecular flexibility index (Phi) is 2.35. The minimum absolute atomic E-state index is 0.457. The summed E-state index contributed by atoms with van der Waals surface area (Å²) in [6.07, 6.45) is 2.16. The Labute approximate surface area is 63.8 Å². The third kappa shape index (κ3) is 1.51. The number of rotatable bonds is 0. The van der Waals surface area contributed by atoms with Gasteiger partial charge in [-0.1, -0.05) is 13.8 Å². The van der Waals surface area contributed by atoms with Crippen LogP contribution >= 0.6 is 0 Å². The highest BCUT2D eigenvalue weighted by atomic mass is 16.5. The van der Waals surface area contributed by atoms with Crippen molar-refractivity contribution in [2.75, 3.05) is 0 Å². The summed E-state index contributed by atoms with van der Waals surface area (Å²) in [6.45, 7) is 8.94. The van der Waals surface area contributed by atoms with Gasteiger partial charge in [0, 0.05) is 0 Å². The average Bonchev–Trinajstić information content (AvgIpc) is 1.82. The summed E-state index contributed by atoms with van der Waals surface area (Å²) in [4.78, 5) is 0. The molecule has 1 aliphatic heterocycles. The van der Waals surface area contributed by atoms with E-state index in [1.807, 2.05) is 0 Å². The molecular formula is C9H18O. The van der Waals surface area contributed by atoms with E-state index in [2.05, 4.69) is 27.7 Å². The van der Waals surface area contributed by atoms with E-state index in [0.29, 0.717) is 12.2 Å². The largest absolute Gasteiger partial charge is 0.375 e. The van der Waals surface area contributed by atoms with E-state index in [0.717, 1.165) is 11.8 Å². The quantitative estimate of drug-likeness (QED) is 0.505. The van der Waals surface area contributed by atoms with E-state index >= 15 is 0 Å². The molecule has 1 saturated heterocycles. The Morgan fingerprint density at radius 2 is 1.70 bits per heavy atom. The molecular weight excluding hydrogens is 124 g/mol. The zero-order valence-corrected chi connectivity index (χ0v) is 7.42. The molecule has 4 atom stereocenters. The molecule has 1 heterocycles. The maximum absolute atomic E-state index is 5.67. The molecule has 0 aromatic heterocycles. The minimum atomic E-state index is 0.457. The fraction of sp³-hybridized carbons (Fsp3) is 1.00. The van der Waals surface area contributed by atoms with Gasteiger partial charge in [-0.15, -0.1) is 0 Å². The van der Waals surface area contributed by atoms with Gasteiger partial charge in [-0.05, 0) is 32.1 Å². The van der Waals surface area contributed by atoms with Crippen LogP contribution in [-0.4, -0.2) is 12.2 Å². The first-order valence-corrected chi connectivity index (χ1v) is 4.26. The van der Waals surface area contributed by atoms with Crippen LogP contribution in [0.2, 0.25) is 0 Å². The highest BCUT2D eigenvalue weighted by Crippen LogP contribution is 2.29. The predicted molar refractivity (Wildman–Crippen MR) is 43.0 cm³/mol. The van der Waals surface area contributed by atoms with E-state index in [9.17, 15) is 0 Å². The normalized spacial score (nSPS) is 49.2. The van der Waals surface area contributed by atoms with Crippen LogP contribution in [0.3, 0.4) is 0 Å². The van der Waals surface area contributed by atoms with Gasteiger partial charge < -0.3 is 4.74 Å². The molecule has 0 amide bonds. The lowest BCUT2D eigenvalue weighted by molar-refractivity contribution is -0.0828. The smallest absolute Gasteiger partial charge is 0.0578 e. The van der Waals surface area contributed by atoms with Crippen molar-refractivity contribution in [3.63, 3.8) is 0 Å². The van der Waals surface area contributed by atoms with Crippen molar-refractivity contribution < 1.29 is 4.74 Å². The topological polar surface area (TPSA) is 9.23 Å². The van der Waals surface area contributed by atoms with Crippen LogP contribution in [0.1, 0.15) is 34.1 Å². The first kappa shape index (κ1) is 8.06. The molecule has 0 aromatic rings. The molecule has 1 nitrogen and oxygen atoms in total. The lowest BCUT2D eigenvalue weighted by Crippen LogP contribution is -2.35. The van der Waals surface area contributed by atoms with Gasteiger partial charge in [0.15, 0.2) is 0 Å². The zero-order chi connectivity index (χ0) is 7.72. The van der Waals surface area contributed by atoms with Gasteiger partial charge in [-0.25, -0.2) is 0 Å². The fourth-order valence-corrected chi connectivity index (χ4v) is 1.75. The van der Waals surface area contributed by atoms with E-state index in [-0.39, 0.29) is 0 Å². The van der Waals surface area contributed by atoms with Gasteiger partial charge in [-0.3, -0.25) is 0 Å². The Balaban J connectivity index is 2.49. The van der Waals surface area contributed by atoms with Crippen molar-refractivity contribution in [2.24, 2.45) is 11.8 Å². The molecule has 0 N–H and O–H groups in total. The molecule has 1 heteroatoms. The average molecular weight is 142 g/mol. The first-order valence-electron chi connectivity index (χ1n) is 4.26. The molecule has 60 valence electrons. The monoisotopic (exact) mass is 142 g/mol. The Bertz CT molecular complexity index is 99.3. The summed E-state index contributed by atoms with van der Waals surface area (Å²) in [5.74, 6) is 1.56. The molecule has 0 spiro atoms. The van der Waals surface area contributed by atoms with Crippen molar-refractivity contribution in [2.45, 2.75) is 46.3 Å². The van der Waals surface area contributed by atoms with Gasteiger partial charge in [0.05, 0.1) is 12.2 Å². The second-order valence-electron chi connectivity index (χ2n) is 3.72. The van der Waals surface area contributed by atoms with Crippen LogP contribution in [-0.2, 0) is 4.74 Å². The highest BCUT2D eigenvalue weighted by Gasteiger charge is 2.27. The highest BCUT2D eigenvalue weighted by molar-refractivity contribution is 4.76. The fourth-order valence-electron chi connectivity index (χ4n) is 1.75. The maximum Gasteiger partial charge on any atom is 0.0578 e. The third-order valence-electron chi connectivity index (χ3n) is 2.79. The summed E-state index contributed by atoms with van der Waals surface area (Å²) in [5.41, 5.74) is 0.